The Hall–Kier alpha value is -0.120. The van der Waals surface area contributed by atoms with Crippen LogP contribution in [0.1, 0.15) is 51.4 Å². The predicted molar refractivity (Wildman–Crippen MR) is 73.7 cm³/mol. The Morgan fingerprint density at radius 3 is 2.67 bits per heavy atom. The van der Waals surface area contributed by atoms with Crippen LogP contribution in [0.15, 0.2) is 0 Å². The number of hydrogen-bond acceptors (Lipinski definition) is 3. The van der Waals surface area contributed by atoms with Gasteiger partial charge in [0, 0.05) is 25.7 Å². The van der Waals surface area contributed by atoms with Crippen LogP contribution in [-0.2, 0) is 4.74 Å². The molecule has 3 atom stereocenters. The molecule has 0 amide bonds. The van der Waals surface area contributed by atoms with Crippen LogP contribution >= 0.6 is 0 Å². The minimum Gasteiger partial charge on any atom is -0.377 e. The summed E-state index contributed by atoms with van der Waals surface area (Å²) in [4.78, 5) is 0. The lowest BCUT2D eigenvalue weighted by Gasteiger charge is -2.42. The molecule has 3 unspecified atom stereocenters. The van der Waals surface area contributed by atoms with E-state index in [1.807, 2.05) is 7.11 Å². The van der Waals surface area contributed by atoms with Gasteiger partial charge in [-0.15, -0.1) is 0 Å². The molecule has 3 aliphatic rings. The lowest BCUT2D eigenvalue weighted by molar-refractivity contribution is -0.0715. The molecule has 2 saturated carbocycles. The van der Waals surface area contributed by atoms with E-state index >= 15 is 0 Å². The van der Waals surface area contributed by atoms with Crippen molar-refractivity contribution in [1.82, 2.24) is 10.6 Å². The molecule has 2 N–H and O–H groups in total. The number of nitrogens with one attached hydrogen (secondary N) is 2. The average molecular weight is 252 g/mol. The van der Waals surface area contributed by atoms with Gasteiger partial charge in [-0.05, 0) is 57.4 Å². The van der Waals surface area contributed by atoms with Gasteiger partial charge in [0.25, 0.3) is 0 Å². The van der Waals surface area contributed by atoms with Crippen molar-refractivity contribution < 1.29 is 4.74 Å². The van der Waals surface area contributed by atoms with Crippen LogP contribution in [0.5, 0.6) is 0 Å². The number of rotatable bonds is 5. The van der Waals surface area contributed by atoms with Crippen molar-refractivity contribution in [3.63, 3.8) is 0 Å². The van der Waals surface area contributed by atoms with E-state index in [-0.39, 0.29) is 5.60 Å². The van der Waals surface area contributed by atoms with E-state index in [0.29, 0.717) is 0 Å². The quantitative estimate of drug-likeness (QED) is 0.786. The monoisotopic (exact) mass is 252 g/mol. The predicted octanol–water partition coefficient (Wildman–Crippen LogP) is 2.07. The molecule has 1 aliphatic heterocycles. The highest BCUT2D eigenvalue weighted by atomic mass is 16.5. The lowest BCUT2D eigenvalue weighted by atomic mass is 9.79. The second-order valence-corrected chi connectivity index (χ2v) is 6.53. The fourth-order valence-electron chi connectivity index (χ4n) is 4.14. The van der Waals surface area contributed by atoms with E-state index in [4.69, 9.17) is 4.74 Å². The summed E-state index contributed by atoms with van der Waals surface area (Å²) in [5, 5.41) is 7.53. The first-order valence-electron chi connectivity index (χ1n) is 7.85. The van der Waals surface area contributed by atoms with E-state index in [1.54, 1.807) is 0 Å². The van der Waals surface area contributed by atoms with Crippen molar-refractivity contribution in [2.45, 2.75) is 69.1 Å². The van der Waals surface area contributed by atoms with Gasteiger partial charge in [-0.2, -0.15) is 0 Å². The average Bonchev–Trinajstić information content (AvgIpc) is 2.98. The SMILES string of the molecule is COC1(CNC2CCCC2C2CCCN2)CCC1. The molecule has 0 radical (unpaired) electrons. The Kier molecular flexibility index (Phi) is 3.92. The topological polar surface area (TPSA) is 33.3 Å². The van der Waals surface area contributed by atoms with Gasteiger partial charge in [-0.25, -0.2) is 0 Å². The normalized spacial score (nSPS) is 38.8. The summed E-state index contributed by atoms with van der Waals surface area (Å²) in [6.45, 7) is 2.30. The van der Waals surface area contributed by atoms with Crippen LogP contribution < -0.4 is 10.6 Å². The Bertz CT molecular complexity index is 266. The molecule has 2 aliphatic carbocycles. The summed E-state index contributed by atoms with van der Waals surface area (Å²) in [5.74, 6) is 0.862. The molecule has 0 aromatic carbocycles. The van der Waals surface area contributed by atoms with Gasteiger partial charge in [0.1, 0.15) is 0 Å². The van der Waals surface area contributed by atoms with E-state index in [1.165, 1.54) is 57.9 Å². The minimum atomic E-state index is 0.177. The van der Waals surface area contributed by atoms with Crippen molar-refractivity contribution >= 4 is 0 Å². The highest BCUT2D eigenvalue weighted by molar-refractivity contribution is 4.97. The Balaban J connectivity index is 1.51. The second kappa shape index (κ2) is 5.48. The largest absolute Gasteiger partial charge is 0.377 e. The summed E-state index contributed by atoms with van der Waals surface area (Å²) >= 11 is 0. The molecule has 3 heteroatoms. The molecule has 3 rings (SSSR count). The van der Waals surface area contributed by atoms with Crippen molar-refractivity contribution in [2.75, 3.05) is 20.2 Å². The molecule has 0 aromatic rings. The maximum atomic E-state index is 5.72. The fourth-order valence-corrected chi connectivity index (χ4v) is 4.14. The van der Waals surface area contributed by atoms with Gasteiger partial charge in [0.05, 0.1) is 5.60 Å². The van der Waals surface area contributed by atoms with Gasteiger partial charge in [-0.3, -0.25) is 0 Å². The van der Waals surface area contributed by atoms with Gasteiger partial charge in [0.2, 0.25) is 0 Å². The lowest BCUT2D eigenvalue weighted by Crippen LogP contribution is -2.52. The van der Waals surface area contributed by atoms with Crippen LogP contribution in [0.25, 0.3) is 0 Å². The molecule has 3 fully saturated rings. The first-order valence-corrected chi connectivity index (χ1v) is 7.85. The number of ether oxygens (including phenoxy) is 1. The molecule has 0 aromatic heterocycles. The Morgan fingerprint density at radius 2 is 2.06 bits per heavy atom. The van der Waals surface area contributed by atoms with Crippen molar-refractivity contribution in [3.05, 3.63) is 0 Å². The van der Waals surface area contributed by atoms with Gasteiger partial charge in [0.15, 0.2) is 0 Å². The highest BCUT2D eigenvalue weighted by Crippen LogP contribution is 2.36. The molecule has 104 valence electrons. The first kappa shape index (κ1) is 12.9. The van der Waals surface area contributed by atoms with Crippen LogP contribution in [0.3, 0.4) is 0 Å². The first-order chi connectivity index (χ1) is 8.83. The molecule has 0 bridgehead atoms. The van der Waals surface area contributed by atoms with Crippen molar-refractivity contribution in [2.24, 2.45) is 5.92 Å². The summed E-state index contributed by atoms with van der Waals surface area (Å²) in [6.07, 6.45) is 10.8. The van der Waals surface area contributed by atoms with Crippen LogP contribution in [0, 0.1) is 5.92 Å². The van der Waals surface area contributed by atoms with Gasteiger partial charge >= 0.3 is 0 Å². The minimum absolute atomic E-state index is 0.177. The zero-order valence-electron chi connectivity index (χ0n) is 11.7. The van der Waals surface area contributed by atoms with Crippen LogP contribution in [0.4, 0.5) is 0 Å². The maximum absolute atomic E-state index is 5.72. The van der Waals surface area contributed by atoms with Crippen molar-refractivity contribution in [1.29, 1.82) is 0 Å². The highest BCUT2D eigenvalue weighted by Gasteiger charge is 2.40. The summed E-state index contributed by atoms with van der Waals surface area (Å²) < 4.78 is 5.72. The fraction of sp³-hybridized carbons (Fsp3) is 1.00. The third kappa shape index (κ3) is 2.45. The van der Waals surface area contributed by atoms with Crippen molar-refractivity contribution in [3.8, 4) is 0 Å². The van der Waals surface area contributed by atoms with Gasteiger partial charge < -0.3 is 15.4 Å². The van der Waals surface area contributed by atoms with E-state index in [9.17, 15) is 0 Å². The third-order valence-corrected chi connectivity index (χ3v) is 5.57. The maximum Gasteiger partial charge on any atom is 0.0802 e. The van der Waals surface area contributed by atoms with E-state index in [0.717, 1.165) is 24.5 Å². The zero-order valence-corrected chi connectivity index (χ0v) is 11.7. The molecule has 18 heavy (non-hydrogen) atoms. The van der Waals surface area contributed by atoms with Crippen LogP contribution in [-0.4, -0.2) is 37.9 Å². The summed E-state index contributed by atoms with van der Waals surface area (Å²) in [6, 6.07) is 1.51. The number of methoxy groups -OCH3 is 1. The Labute approximate surface area is 111 Å². The third-order valence-electron chi connectivity index (χ3n) is 5.57. The molecule has 1 heterocycles. The molecular weight excluding hydrogens is 224 g/mol. The Morgan fingerprint density at radius 1 is 1.17 bits per heavy atom. The van der Waals surface area contributed by atoms with Gasteiger partial charge in [-0.1, -0.05) is 6.42 Å². The summed E-state index contributed by atoms with van der Waals surface area (Å²) in [5.41, 5.74) is 0.177. The standard InChI is InChI=1S/C15H28N2O/c1-18-15(8-4-9-15)11-17-14-6-2-5-12(14)13-7-3-10-16-13/h12-14,16-17H,2-11H2,1H3. The summed E-state index contributed by atoms with van der Waals surface area (Å²) in [7, 11) is 1.88. The molecule has 3 nitrogen and oxygen atoms in total. The molecular formula is C15H28N2O. The number of hydrogen-bond donors (Lipinski definition) is 2. The van der Waals surface area contributed by atoms with E-state index in [2.05, 4.69) is 10.6 Å². The molecule has 1 saturated heterocycles. The smallest absolute Gasteiger partial charge is 0.0802 e. The molecule has 0 spiro atoms. The zero-order chi connectivity index (χ0) is 12.4. The second-order valence-electron chi connectivity index (χ2n) is 6.53. The van der Waals surface area contributed by atoms with E-state index < -0.39 is 0 Å². The van der Waals surface area contributed by atoms with Crippen LogP contribution in [0.2, 0.25) is 0 Å².